The van der Waals surface area contributed by atoms with Crippen molar-refractivity contribution in [1.29, 1.82) is 0 Å². The molecule has 6 heteroatoms. The molecule has 5 nitrogen and oxygen atoms in total. The van der Waals surface area contributed by atoms with Gasteiger partial charge in [-0.2, -0.15) is 18.1 Å². The Morgan fingerprint density at radius 3 is 2.56 bits per heavy atom. The van der Waals surface area contributed by atoms with Gasteiger partial charge in [0.2, 0.25) is 0 Å². The highest BCUT2D eigenvalue weighted by Crippen LogP contribution is 1.76. The number of primary amides is 1. The summed E-state index contributed by atoms with van der Waals surface area (Å²) in [6.45, 7) is 0. The molecule has 0 saturated carbocycles. The van der Waals surface area contributed by atoms with Crippen molar-refractivity contribution in [2.45, 2.75) is 0 Å². The number of nitrogens with one attached hydrogen (secondary N) is 1. The zero-order valence-corrected chi connectivity index (χ0v) is 5.35. The molecule has 0 bridgehead atoms. The van der Waals surface area contributed by atoms with Crippen LogP contribution in [0.2, 0.25) is 0 Å². The van der Waals surface area contributed by atoms with Crippen molar-refractivity contribution in [3.63, 3.8) is 0 Å². The zero-order valence-electron chi connectivity index (χ0n) is 4.46. The fourth-order valence-corrected chi connectivity index (χ4v) is 0.204. The average Bonchev–Trinajstić information content (AvgIpc) is 1.83. The predicted molar refractivity (Wildman–Crippen MR) is 32.7 cm³/mol. The first-order valence-electron chi connectivity index (χ1n) is 2.02. The van der Waals surface area contributed by atoms with Crippen molar-refractivity contribution in [1.82, 2.24) is 5.48 Å². The Morgan fingerprint density at radius 1 is 1.67 bits per heavy atom. The zero-order chi connectivity index (χ0) is 7.28. The fourth-order valence-electron chi connectivity index (χ4n) is 0.139. The van der Waals surface area contributed by atoms with E-state index in [1.54, 1.807) is 5.48 Å². The molecule has 0 fully saturated rings. The van der Waals surface area contributed by atoms with Crippen LogP contribution in [0.5, 0.6) is 0 Å². The van der Waals surface area contributed by atoms with E-state index in [2.05, 4.69) is 23.2 Å². The lowest BCUT2D eigenvalue weighted by atomic mass is 10.8. The first-order chi connectivity index (χ1) is 4.16. The van der Waals surface area contributed by atoms with E-state index >= 15 is 0 Å². The lowest BCUT2D eigenvalue weighted by molar-refractivity contribution is -0.145. The van der Waals surface area contributed by atoms with Gasteiger partial charge in [-0.15, -0.1) is 0 Å². The molecule has 0 saturated heterocycles. The second kappa shape index (κ2) is 4.02. The summed E-state index contributed by atoms with van der Waals surface area (Å²) >= 11 is 3.55. The molecule has 0 aromatic carbocycles. The Hall–Kier alpha value is -0.910. The smallest absolute Gasteiger partial charge is 0.345 e. The second-order valence-electron chi connectivity index (χ2n) is 1.10. The van der Waals surface area contributed by atoms with Crippen molar-refractivity contribution in [3.8, 4) is 0 Å². The summed E-state index contributed by atoms with van der Waals surface area (Å²) in [5.41, 5.74) is 6.18. The lowest BCUT2D eigenvalue weighted by Gasteiger charge is -1.97. The third-order valence-electron chi connectivity index (χ3n) is 0.395. The molecule has 0 atom stereocenters. The number of rotatable bonds is 1. The number of amides is 2. The van der Waals surface area contributed by atoms with Crippen molar-refractivity contribution in [2.24, 2.45) is 5.73 Å². The van der Waals surface area contributed by atoms with Gasteiger partial charge < -0.3 is 10.6 Å². The summed E-state index contributed by atoms with van der Waals surface area (Å²) in [6, 6.07) is -0.912. The Bertz CT molecular complexity index is 126. The molecule has 0 aliphatic rings. The first-order valence-corrected chi connectivity index (χ1v) is 2.66. The van der Waals surface area contributed by atoms with Gasteiger partial charge >= 0.3 is 12.0 Å². The van der Waals surface area contributed by atoms with Gasteiger partial charge in [0.15, 0.2) is 0 Å². The van der Waals surface area contributed by atoms with Crippen LogP contribution in [0, 0.1) is 0 Å². The van der Waals surface area contributed by atoms with Crippen LogP contribution in [0.3, 0.4) is 0 Å². The number of carbonyl (C=O) groups excluding carboxylic acids is 2. The van der Waals surface area contributed by atoms with Crippen LogP contribution in [0.15, 0.2) is 0 Å². The van der Waals surface area contributed by atoms with Gasteiger partial charge in [0, 0.05) is 0 Å². The number of urea groups is 1. The van der Waals surface area contributed by atoms with Gasteiger partial charge in [0.25, 0.3) is 0 Å². The van der Waals surface area contributed by atoms with E-state index in [4.69, 9.17) is 0 Å². The van der Waals surface area contributed by atoms with Crippen LogP contribution >= 0.6 is 12.6 Å². The van der Waals surface area contributed by atoms with Crippen LogP contribution < -0.4 is 11.2 Å². The second-order valence-corrected chi connectivity index (χ2v) is 1.41. The Labute approximate surface area is 56.9 Å². The van der Waals surface area contributed by atoms with E-state index in [0.29, 0.717) is 0 Å². The summed E-state index contributed by atoms with van der Waals surface area (Å²) in [6.07, 6.45) is 0. The summed E-state index contributed by atoms with van der Waals surface area (Å²) in [4.78, 5) is 24.0. The van der Waals surface area contributed by atoms with Crippen molar-refractivity contribution in [3.05, 3.63) is 0 Å². The number of hydrogen-bond donors (Lipinski definition) is 3. The maximum absolute atomic E-state index is 10.1. The molecule has 52 valence electrons. The largest absolute Gasteiger partial charge is 0.349 e. The maximum atomic E-state index is 10.1. The van der Waals surface area contributed by atoms with Gasteiger partial charge in [0.05, 0.1) is 5.75 Å². The number of nitrogens with two attached hydrogens (primary N) is 1. The molecule has 0 aromatic heterocycles. The van der Waals surface area contributed by atoms with Crippen LogP contribution in [0.1, 0.15) is 0 Å². The molecule has 0 unspecified atom stereocenters. The normalized spacial score (nSPS) is 8.11. The topological polar surface area (TPSA) is 81.4 Å². The van der Waals surface area contributed by atoms with Crippen LogP contribution in [-0.4, -0.2) is 17.8 Å². The standard InChI is InChI=1S/C3H6N2O3S/c4-3(7)5-8-2(6)1-9/h9H,1H2,(H3,4,5,7). The summed E-state index contributed by atoms with van der Waals surface area (Å²) in [5, 5.41) is 0. The number of hydrogen-bond acceptors (Lipinski definition) is 4. The molecule has 0 spiro atoms. The minimum atomic E-state index is -0.912. The van der Waals surface area contributed by atoms with Gasteiger partial charge in [0.1, 0.15) is 0 Å². The molecular formula is C3H6N2O3S. The molecule has 2 amide bonds. The molecule has 0 aliphatic heterocycles. The monoisotopic (exact) mass is 150 g/mol. The highest BCUT2D eigenvalue weighted by Gasteiger charge is 1.98. The van der Waals surface area contributed by atoms with E-state index in [-0.39, 0.29) is 5.75 Å². The minimum absolute atomic E-state index is 0.0969. The Balaban J connectivity index is 3.28. The molecule has 9 heavy (non-hydrogen) atoms. The maximum Gasteiger partial charge on any atom is 0.345 e. The number of thiol groups is 1. The van der Waals surface area contributed by atoms with Crippen LogP contribution in [-0.2, 0) is 9.63 Å². The molecule has 0 aromatic rings. The minimum Gasteiger partial charge on any atom is -0.349 e. The number of carbonyl (C=O) groups is 2. The van der Waals surface area contributed by atoms with Gasteiger partial charge in [-0.1, -0.05) is 0 Å². The molecule has 0 aliphatic carbocycles. The van der Waals surface area contributed by atoms with Gasteiger partial charge in [-0.3, -0.25) is 0 Å². The highest BCUT2D eigenvalue weighted by atomic mass is 32.1. The number of hydroxylamine groups is 1. The SMILES string of the molecule is NC(=O)NOC(=O)CS. The summed E-state index contributed by atoms with van der Waals surface area (Å²) < 4.78 is 0. The van der Waals surface area contributed by atoms with Crippen molar-refractivity contribution >= 4 is 24.6 Å². The molecule has 3 N–H and O–H groups in total. The first kappa shape index (κ1) is 8.09. The van der Waals surface area contributed by atoms with Crippen molar-refractivity contribution < 1.29 is 14.4 Å². The van der Waals surface area contributed by atoms with Crippen LogP contribution in [0.4, 0.5) is 4.79 Å². The molecule has 0 radical (unpaired) electrons. The average molecular weight is 150 g/mol. The third kappa shape index (κ3) is 4.95. The van der Waals surface area contributed by atoms with E-state index in [1.165, 1.54) is 0 Å². The summed E-state index contributed by atoms with van der Waals surface area (Å²) in [7, 11) is 0. The van der Waals surface area contributed by atoms with E-state index in [9.17, 15) is 9.59 Å². The van der Waals surface area contributed by atoms with E-state index in [1.807, 2.05) is 0 Å². The van der Waals surface area contributed by atoms with Crippen molar-refractivity contribution in [2.75, 3.05) is 5.75 Å². The third-order valence-corrected chi connectivity index (χ3v) is 0.653. The Kier molecular flexibility index (Phi) is 3.61. The predicted octanol–water partition coefficient (Wildman–Crippen LogP) is -0.957. The summed E-state index contributed by atoms with van der Waals surface area (Å²) in [5.74, 6) is -0.752. The van der Waals surface area contributed by atoms with Gasteiger partial charge in [-0.25, -0.2) is 9.59 Å². The highest BCUT2D eigenvalue weighted by molar-refractivity contribution is 7.81. The van der Waals surface area contributed by atoms with E-state index in [0.717, 1.165) is 0 Å². The lowest BCUT2D eigenvalue weighted by Crippen LogP contribution is -2.32. The quantitative estimate of drug-likeness (QED) is 0.332. The van der Waals surface area contributed by atoms with Crippen LogP contribution in [0.25, 0.3) is 0 Å². The Morgan fingerprint density at radius 2 is 2.22 bits per heavy atom. The van der Waals surface area contributed by atoms with E-state index < -0.39 is 12.0 Å². The fraction of sp³-hybridized carbons (Fsp3) is 0.333. The van der Waals surface area contributed by atoms with Gasteiger partial charge in [-0.05, 0) is 0 Å². The molecular weight excluding hydrogens is 144 g/mol. The molecule has 0 rings (SSSR count). The molecule has 0 heterocycles.